The second-order valence-electron chi connectivity index (χ2n) is 6.02. The number of thioether (sulfide) groups is 1. The lowest BCUT2D eigenvalue weighted by Crippen LogP contribution is -2.52. The van der Waals surface area contributed by atoms with E-state index in [0.717, 1.165) is 24.4 Å². The fourth-order valence-corrected chi connectivity index (χ4v) is 4.23. The molecule has 2 aliphatic carbocycles. The van der Waals surface area contributed by atoms with Crippen LogP contribution < -0.4 is 5.32 Å². The van der Waals surface area contributed by atoms with Crippen molar-refractivity contribution in [2.75, 3.05) is 6.61 Å². The predicted molar refractivity (Wildman–Crippen MR) is 82.2 cm³/mol. The van der Waals surface area contributed by atoms with Gasteiger partial charge in [0.1, 0.15) is 5.54 Å². The minimum Gasteiger partial charge on any atom is -0.465 e. The topological polar surface area (TPSA) is 56.1 Å². The van der Waals surface area contributed by atoms with Gasteiger partial charge in [-0.25, -0.2) is 4.98 Å². The van der Waals surface area contributed by atoms with Crippen molar-refractivity contribution in [2.24, 2.45) is 7.05 Å². The average molecular weight is 309 g/mol. The maximum absolute atomic E-state index is 12.4. The molecule has 5 nitrogen and oxygen atoms in total. The number of rotatable bonds is 6. The monoisotopic (exact) mass is 309 g/mol. The SMILES string of the molecule is CCOC(=O)C1(NC2CC2)CCC(Sc2nccn2C)C1. The molecular weight excluding hydrogens is 286 g/mol. The van der Waals surface area contributed by atoms with E-state index >= 15 is 0 Å². The minimum absolute atomic E-state index is 0.0696. The number of carbonyl (C=O) groups excluding carboxylic acids is 1. The highest BCUT2D eigenvalue weighted by molar-refractivity contribution is 7.99. The molecule has 2 unspecified atom stereocenters. The van der Waals surface area contributed by atoms with E-state index in [-0.39, 0.29) is 5.97 Å². The van der Waals surface area contributed by atoms with Crippen molar-refractivity contribution >= 4 is 17.7 Å². The maximum atomic E-state index is 12.4. The molecule has 2 saturated carbocycles. The second-order valence-corrected chi connectivity index (χ2v) is 7.29. The van der Waals surface area contributed by atoms with E-state index in [2.05, 4.69) is 10.3 Å². The Bertz CT molecular complexity index is 515. The number of hydrogen-bond acceptors (Lipinski definition) is 5. The van der Waals surface area contributed by atoms with Gasteiger partial charge in [0, 0.05) is 30.7 Å². The summed E-state index contributed by atoms with van der Waals surface area (Å²) in [6.07, 6.45) is 8.85. The molecule has 1 aromatic heterocycles. The summed E-state index contributed by atoms with van der Waals surface area (Å²) in [5.74, 6) is -0.0696. The van der Waals surface area contributed by atoms with Crippen molar-refractivity contribution in [2.45, 2.75) is 61.0 Å². The fraction of sp³-hybridized carbons (Fsp3) is 0.733. The number of aryl methyl sites for hydroxylation is 1. The molecule has 2 fully saturated rings. The van der Waals surface area contributed by atoms with Crippen LogP contribution in [0.1, 0.15) is 39.0 Å². The lowest BCUT2D eigenvalue weighted by atomic mass is 9.97. The number of nitrogens with zero attached hydrogens (tertiary/aromatic N) is 2. The molecule has 0 spiro atoms. The zero-order valence-electron chi connectivity index (χ0n) is 12.7. The van der Waals surface area contributed by atoms with E-state index in [1.165, 1.54) is 12.8 Å². The van der Waals surface area contributed by atoms with Gasteiger partial charge in [-0.2, -0.15) is 0 Å². The minimum atomic E-state index is -0.472. The molecule has 1 N–H and O–H groups in total. The molecule has 116 valence electrons. The Labute approximate surface area is 129 Å². The molecule has 0 amide bonds. The molecule has 1 aromatic rings. The van der Waals surface area contributed by atoms with Gasteiger partial charge in [-0.05, 0) is 39.0 Å². The summed E-state index contributed by atoms with van der Waals surface area (Å²) >= 11 is 1.77. The van der Waals surface area contributed by atoms with Crippen LogP contribution in [0.2, 0.25) is 0 Å². The van der Waals surface area contributed by atoms with E-state index < -0.39 is 5.54 Å². The molecule has 0 aromatic carbocycles. The number of nitrogens with one attached hydrogen (secondary N) is 1. The number of ether oxygens (including phenoxy) is 1. The van der Waals surface area contributed by atoms with E-state index in [4.69, 9.17) is 4.74 Å². The van der Waals surface area contributed by atoms with E-state index in [9.17, 15) is 4.79 Å². The maximum Gasteiger partial charge on any atom is 0.326 e. The third-order valence-electron chi connectivity index (χ3n) is 4.24. The number of imidazole rings is 1. The Morgan fingerprint density at radius 3 is 3.00 bits per heavy atom. The van der Waals surface area contributed by atoms with E-state index in [1.807, 2.05) is 30.9 Å². The van der Waals surface area contributed by atoms with Gasteiger partial charge in [0.25, 0.3) is 0 Å². The highest BCUT2D eigenvalue weighted by atomic mass is 32.2. The van der Waals surface area contributed by atoms with Crippen LogP contribution in [0.3, 0.4) is 0 Å². The Morgan fingerprint density at radius 1 is 1.57 bits per heavy atom. The van der Waals surface area contributed by atoms with Crippen LogP contribution in [0, 0.1) is 0 Å². The third-order valence-corrected chi connectivity index (χ3v) is 5.58. The molecule has 2 aliphatic rings. The quantitative estimate of drug-likeness (QED) is 0.816. The Balaban J connectivity index is 1.68. The fourth-order valence-electron chi connectivity index (χ4n) is 2.98. The van der Waals surface area contributed by atoms with Gasteiger partial charge in [-0.15, -0.1) is 0 Å². The van der Waals surface area contributed by atoms with Crippen LogP contribution in [-0.4, -0.2) is 39.0 Å². The summed E-state index contributed by atoms with van der Waals surface area (Å²) in [7, 11) is 2.01. The largest absolute Gasteiger partial charge is 0.465 e. The molecule has 0 saturated heterocycles. The van der Waals surface area contributed by atoms with Crippen molar-refractivity contribution in [1.29, 1.82) is 0 Å². The third kappa shape index (κ3) is 3.26. The smallest absolute Gasteiger partial charge is 0.326 e. The van der Waals surface area contributed by atoms with Gasteiger partial charge in [0.05, 0.1) is 6.61 Å². The van der Waals surface area contributed by atoms with Gasteiger partial charge in [0.2, 0.25) is 0 Å². The summed E-state index contributed by atoms with van der Waals surface area (Å²) < 4.78 is 7.36. The normalized spacial score (nSPS) is 28.8. The first-order valence-corrected chi connectivity index (χ1v) is 8.60. The van der Waals surface area contributed by atoms with Crippen LogP contribution in [-0.2, 0) is 16.6 Å². The molecule has 0 bridgehead atoms. The lowest BCUT2D eigenvalue weighted by Gasteiger charge is -2.28. The van der Waals surface area contributed by atoms with Crippen molar-refractivity contribution in [3.8, 4) is 0 Å². The molecule has 6 heteroatoms. The van der Waals surface area contributed by atoms with Crippen molar-refractivity contribution in [3.05, 3.63) is 12.4 Å². The first-order valence-electron chi connectivity index (χ1n) is 7.72. The summed E-state index contributed by atoms with van der Waals surface area (Å²) in [6, 6.07) is 0.506. The van der Waals surface area contributed by atoms with Crippen LogP contribution in [0.5, 0.6) is 0 Å². The van der Waals surface area contributed by atoms with Gasteiger partial charge >= 0.3 is 5.97 Å². The zero-order chi connectivity index (χ0) is 14.9. The van der Waals surface area contributed by atoms with Crippen molar-refractivity contribution < 1.29 is 9.53 Å². The highest BCUT2D eigenvalue weighted by Crippen LogP contribution is 2.42. The number of carbonyl (C=O) groups is 1. The highest BCUT2D eigenvalue weighted by Gasteiger charge is 2.49. The Kier molecular flexibility index (Phi) is 4.26. The Morgan fingerprint density at radius 2 is 2.38 bits per heavy atom. The van der Waals surface area contributed by atoms with Gasteiger partial charge in [-0.3, -0.25) is 10.1 Å². The number of hydrogen-bond donors (Lipinski definition) is 1. The summed E-state index contributed by atoms with van der Waals surface area (Å²) in [4.78, 5) is 16.8. The van der Waals surface area contributed by atoms with Crippen LogP contribution >= 0.6 is 11.8 Å². The standard InChI is InChI=1S/C15H23N3O2S/c1-3-20-13(19)15(17-11-4-5-11)7-6-12(10-15)21-14-16-8-9-18(14)2/h8-9,11-12,17H,3-7,10H2,1-2H3. The van der Waals surface area contributed by atoms with Gasteiger partial charge in [0.15, 0.2) is 5.16 Å². The second kappa shape index (κ2) is 6.01. The van der Waals surface area contributed by atoms with Crippen LogP contribution in [0.4, 0.5) is 0 Å². The predicted octanol–water partition coefficient (Wildman–Crippen LogP) is 2.12. The first-order chi connectivity index (χ1) is 10.1. The summed E-state index contributed by atoms with van der Waals surface area (Å²) in [5.41, 5.74) is -0.472. The number of aromatic nitrogens is 2. The van der Waals surface area contributed by atoms with E-state index in [0.29, 0.717) is 17.9 Å². The summed E-state index contributed by atoms with van der Waals surface area (Å²) in [6.45, 7) is 2.32. The lowest BCUT2D eigenvalue weighted by molar-refractivity contribution is -0.151. The molecule has 0 radical (unpaired) electrons. The van der Waals surface area contributed by atoms with E-state index in [1.54, 1.807) is 11.8 Å². The Hall–Kier alpha value is -1.01. The molecule has 1 heterocycles. The summed E-state index contributed by atoms with van der Waals surface area (Å²) in [5, 5.41) is 5.00. The van der Waals surface area contributed by atoms with Gasteiger partial charge in [-0.1, -0.05) is 11.8 Å². The average Bonchev–Trinajstić information content (AvgIpc) is 3.03. The van der Waals surface area contributed by atoms with Crippen molar-refractivity contribution in [1.82, 2.24) is 14.9 Å². The van der Waals surface area contributed by atoms with Crippen LogP contribution in [0.25, 0.3) is 0 Å². The molecule has 2 atom stereocenters. The van der Waals surface area contributed by atoms with Crippen molar-refractivity contribution in [3.63, 3.8) is 0 Å². The molecule has 21 heavy (non-hydrogen) atoms. The van der Waals surface area contributed by atoms with Crippen LogP contribution in [0.15, 0.2) is 17.6 Å². The molecular formula is C15H23N3O2S. The first kappa shape index (κ1) is 14.9. The molecule has 0 aliphatic heterocycles. The van der Waals surface area contributed by atoms with Gasteiger partial charge < -0.3 is 9.30 Å². The number of esters is 1. The molecule has 3 rings (SSSR count). The zero-order valence-corrected chi connectivity index (χ0v) is 13.5.